The predicted octanol–water partition coefficient (Wildman–Crippen LogP) is 13.4. The monoisotopic (exact) mass is 692 g/mol. The highest BCUT2D eigenvalue weighted by Crippen LogP contribution is 2.43. The first kappa shape index (κ1) is 32.5. The quantitative estimate of drug-likeness (QED) is 0.128. The molecular formula is C48H44N2OSi. The van der Waals surface area contributed by atoms with Crippen molar-refractivity contribution in [2.45, 2.75) is 59.2 Å². The minimum atomic E-state index is -1.92. The molecule has 3 nitrogen and oxygen atoms in total. The number of fused-ring (bicyclic) bond motifs is 7. The van der Waals surface area contributed by atoms with Crippen LogP contribution in [-0.4, -0.2) is 17.6 Å². The van der Waals surface area contributed by atoms with E-state index in [1.807, 2.05) is 0 Å². The maximum atomic E-state index is 7.25. The Balaban J connectivity index is 1.39. The third-order valence-electron chi connectivity index (χ3n) is 10.8. The van der Waals surface area contributed by atoms with Gasteiger partial charge in [0.05, 0.1) is 30.4 Å². The van der Waals surface area contributed by atoms with Crippen LogP contribution in [-0.2, 0) is 0 Å². The molecule has 52 heavy (non-hydrogen) atoms. The van der Waals surface area contributed by atoms with Crippen molar-refractivity contribution in [3.05, 3.63) is 139 Å². The molecule has 0 radical (unpaired) electrons. The number of para-hydroxylation sites is 3. The Morgan fingerprint density at radius 3 is 1.96 bits per heavy atom. The van der Waals surface area contributed by atoms with Gasteiger partial charge in [-0.2, -0.15) is 0 Å². The van der Waals surface area contributed by atoms with E-state index in [1.54, 1.807) is 0 Å². The summed E-state index contributed by atoms with van der Waals surface area (Å²) in [6, 6.07) is 46.4. The maximum Gasteiger partial charge on any atom is 0.149 e. The van der Waals surface area contributed by atoms with Crippen molar-refractivity contribution in [1.29, 1.82) is 0 Å². The number of hydrogen-bond acceptors (Lipinski definition) is 2. The smallest absolute Gasteiger partial charge is 0.149 e. The summed E-state index contributed by atoms with van der Waals surface area (Å²) >= 11 is 0. The fraction of sp³-hybridized carbons (Fsp3) is 0.188. The van der Waals surface area contributed by atoms with Crippen LogP contribution in [0.4, 0.5) is 0 Å². The second-order valence-electron chi connectivity index (χ2n) is 16.0. The van der Waals surface area contributed by atoms with Crippen LogP contribution < -0.4 is 5.19 Å². The number of aromatic nitrogens is 2. The van der Waals surface area contributed by atoms with Gasteiger partial charge in [-0.3, -0.25) is 4.57 Å². The van der Waals surface area contributed by atoms with Gasteiger partial charge < -0.3 is 4.42 Å². The fourth-order valence-corrected chi connectivity index (χ4v) is 10.3. The fourth-order valence-electron chi connectivity index (χ4n) is 8.36. The Kier molecular flexibility index (Phi) is 7.53. The summed E-state index contributed by atoms with van der Waals surface area (Å²) in [5, 5.41) is 8.85. The lowest BCUT2D eigenvalue weighted by Gasteiger charge is -2.24. The van der Waals surface area contributed by atoms with E-state index >= 15 is 0 Å². The summed E-state index contributed by atoms with van der Waals surface area (Å²) in [5.74, 6) is 1.48. The van der Waals surface area contributed by atoms with Gasteiger partial charge in [0.1, 0.15) is 17.0 Å². The van der Waals surface area contributed by atoms with E-state index in [2.05, 4.69) is 179 Å². The van der Waals surface area contributed by atoms with Crippen molar-refractivity contribution in [3.63, 3.8) is 0 Å². The maximum absolute atomic E-state index is 7.25. The zero-order valence-corrected chi connectivity index (χ0v) is 32.1. The van der Waals surface area contributed by atoms with Crippen LogP contribution in [0, 0.1) is 0 Å². The van der Waals surface area contributed by atoms with Crippen LogP contribution in [0.5, 0.6) is 0 Å². The molecule has 0 bridgehead atoms. The molecule has 0 saturated heterocycles. The lowest BCUT2D eigenvalue weighted by molar-refractivity contribution is 0.672. The first-order chi connectivity index (χ1) is 25.1. The molecule has 2 aromatic heterocycles. The summed E-state index contributed by atoms with van der Waals surface area (Å²) < 4.78 is 9.68. The lowest BCUT2D eigenvalue weighted by atomic mass is 9.88. The summed E-state index contributed by atoms with van der Waals surface area (Å²) in [6.45, 7) is 16.6. The predicted molar refractivity (Wildman–Crippen MR) is 225 cm³/mol. The number of hydrogen-bond donors (Lipinski definition) is 0. The number of benzene rings is 7. The minimum Gasteiger partial charge on any atom is -0.455 e. The van der Waals surface area contributed by atoms with E-state index in [9.17, 15) is 0 Å². The van der Waals surface area contributed by atoms with Gasteiger partial charge in [-0.15, -0.1) is 0 Å². The molecule has 9 rings (SSSR count). The third kappa shape index (κ3) is 5.03. The van der Waals surface area contributed by atoms with Gasteiger partial charge in [-0.1, -0.05) is 138 Å². The van der Waals surface area contributed by atoms with Crippen molar-refractivity contribution in [1.82, 2.24) is 9.55 Å². The molecule has 2 heterocycles. The summed E-state index contributed by atoms with van der Waals surface area (Å²) in [7, 11) is -1.92. The molecule has 0 amide bonds. The van der Waals surface area contributed by atoms with E-state index in [-0.39, 0.29) is 11.8 Å². The third-order valence-corrected chi connectivity index (χ3v) is 12.8. The normalized spacial score (nSPS) is 12.5. The molecule has 0 spiro atoms. The van der Waals surface area contributed by atoms with Gasteiger partial charge in [0.15, 0.2) is 0 Å². The summed E-state index contributed by atoms with van der Waals surface area (Å²) in [6.07, 6.45) is 0. The zero-order valence-electron chi connectivity index (χ0n) is 31.1. The molecule has 256 valence electrons. The Hall–Kier alpha value is -5.45. The van der Waals surface area contributed by atoms with E-state index in [0.717, 1.165) is 39.0 Å². The summed E-state index contributed by atoms with van der Waals surface area (Å²) in [5.41, 5.74) is 11.3. The molecular weight excluding hydrogens is 649 g/mol. The topological polar surface area (TPSA) is 31.0 Å². The lowest BCUT2D eigenvalue weighted by Crippen LogP contribution is -2.38. The SMILES string of the molecule is CC(C)c1cc(-c2ccccc2)cc(C(C)C)c1-n1c(-c2cccc3c2oc2c([Si](C)(C)C)c4c(ccc5ccccc54)cc23)nc2ccccc21. The van der Waals surface area contributed by atoms with Crippen molar-refractivity contribution in [3.8, 4) is 28.2 Å². The molecule has 4 heteroatoms. The Morgan fingerprint density at radius 1 is 0.577 bits per heavy atom. The highest BCUT2D eigenvalue weighted by molar-refractivity contribution is 6.92. The van der Waals surface area contributed by atoms with E-state index in [4.69, 9.17) is 9.40 Å². The van der Waals surface area contributed by atoms with E-state index in [0.29, 0.717) is 0 Å². The van der Waals surface area contributed by atoms with Crippen LogP contribution >= 0.6 is 0 Å². The minimum absolute atomic E-state index is 0.286. The van der Waals surface area contributed by atoms with Crippen molar-refractivity contribution in [2.24, 2.45) is 0 Å². The molecule has 7 aromatic carbocycles. The molecule has 9 aromatic rings. The molecule has 0 atom stereocenters. The molecule has 0 aliphatic carbocycles. The Morgan fingerprint density at radius 2 is 1.23 bits per heavy atom. The van der Waals surface area contributed by atoms with Gasteiger partial charge in [0.2, 0.25) is 0 Å². The molecule has 0 aliphatic rings. The molecule has 0 fully saturated rings. The van der Waals surface area contributed by atoms with Gasteiger partial charge in [0.25, 0.3) is 0 Å². The van der Waals surface area contributed by atoms with Gasteiger partial charge in [0, 0.05) is 10.8 Å². The number of rotatable bonds is 6. The first-order valence-corrected chi connectivity index (χ1v) is 22.1. The van der Waals surface area contributed by atoms with Crippen molar-refractivity contribution in [2.75, 3.05) is 0 Å². The summed E-state index contributed by atoms with van der Waals surface area (Å²) in [4.78, 5) is 5.44. The molecule has 0 N–H and O–H groups in total. The average Bonchev–Trinajstić information content (AvgIpc) is 3.71. The van der Waals surface area contributed by atoms with Crippen molar-refractivity contribution < 1.29 is 4.42 Å². The standard InChI is InChI=1S/C48H44N2OSi/c1-29(2)38-27-34(31-16-9-8-10-17-31)28-39(30(3)4)44(38)50-42-23-14-13-22-41(42)49-48(50)37-21-15-20-36-40-26-33-25-24-32-18-11-12-19-35(32)43(33)47(52(5,6)7)46(40)51-45(36)37/h8-30H,1-7H3. The van der Waals surface area contributed by atoms with Crippen molar-refractivity contribution >= 4 is 67.8 Å². The van der Waals surface area contributed by atoms with Crippen LogP contribution in [0.2, 0.25) is 19.6 Å². The number of furan rings is 1. The highest BCUT2D eigenvalue weighted by atomic mass is 28.3. The Labute approximate surface area is 306 Å². The average molecular weight is 693 g/mol. The van der Waals surface area contributed by atoms with E-state index < -0.39 is 8.07 Å². The first-order valence-electron chi connectivity index (χ1n) is 18.6. The van der Waals surface area contributed by atoms with Crippen LogP contribution in [0.1, 0.15) is 50.7 Å². The Bertz CT molecular complexity index is 2800. The van der Waals surface area contributed by atoms with E-state index in [1.165, 1.54) is 60.1 Å². The highest BCUT2D eigenvalue weighted by Gasteiger charge is 2.29. The van der Waals surface area contributed by atoms with Gasteiger partial charge in [-0.25, -0.2) is 4.98 Å². The van der Waals surface area contributed by atoms with Gasteiger partial charge in [-0.05, 0) is 97.2 Å². The number of imidazole rings is 1. The van der Waals surface area contributed by atoms with Crippen LogP contribution in [0.25, 0.3) is 82.7 Å². The van der Waals surface area contributed by atoms with Gasteiger partial charge >= 0.3 is 0 Å². The second-order valence-corrected chi connectivity index (χ2v) is 21.0. The second kappa shape index (κ2) is 12.1. The van der Waals surface area contributed by atoms with Crippen LogP contribution in [0.15, 0.2) is 132 Å². The molecule has 0 saturated carbocycles. The van der Waals surface area contributed by atoms with Crippen LogP contribution in [0.3, 0.4) is 0 Å². The number of nitrogens with zero attached hydrogens (tertiary/aromatic N) is 2. The zero-order chi connectivity index (χ0) is 35.9. The largest absolute Gasteiger partial charge is 0.455 e. The molecule has 0 aliphatic heterocycles. The molecule has 0 unspecified atom stereocenters.